The van der Waals surface area contributed by atoms with Crippen LogP contribution >= 0.6 is 0 Å². The molecule has 0 bridgehead atoms. The number of nitrogens with zero attached hydrogens (tertiary/aromatic N) is 1. The summed E-state index contributed by atoms with van der Waals surface area (Å²) in [6, 6.07) is -0.0674. The van der Waals surface area contributed by atoms with E-state index in [-0.39, 0.29) is 12.1 Å². The van der Waals surface area contributed by atoms with Crippen LogP contribution in [0.5, 0.6) is 0 Å². The Morgan fingerprint density at radius 1 is 1.16 bits per heavy atom. The Bertz CT molecular complexity index is 993. The first-order valence-electron chi connectivity index (χ1n) is 10.6. The SMILES string of the molecule is CCNC(=O)c1cn(CC2CCCCC2)cc(C(=O)NC(c2ccco2)C(F)(F)F)c1=O. The third-order valence-electron chi connectivity index (χ3n) is 5.53. The van der Waals surface area contributed by atoms with Gasteiger partial charge in [0.1, 0.15) is 16.9 Å². The lowest BCUT2D eigenvalue weighted by atomic mass is 9.89. The van der Waals surface area contributed by atoms with E-state index in [2.05, 4.69) is 5.32 Å². The number of halogens is 3. The van der Waals surface area contributed by atoms with E-state index in [1.807, 2.05) is 5.32 Å². The molecule has 2 N–H and O–H groups in total. The Balaban J connectivity index is 1.96. The Hall–Kier alpha value is -3.04. The van der Waals surface area contributed by atoms with Gasteiger partial charge in [-0.1, -0.05) is 19.3 Å². The van der Waals surface area contributed by atoms with Gasteiger partial charge in [-0.2, -0.15) is 13.2 Å². The number of hydrogen-bond donors (Lipinski definition) is 2. The minimum absolute atomic E-state index is 0.256. The minimum atomic E-state index is -4.84. The molecule has 0 spiro atoms. The summed E-state index contributed by atoms with van der Waals surface area (Å²) in [5.41, 5.74) is -1.73. The maximum atomic E-state index is 13.5. The number of pyridine rings is 1. The molecular weight excluding hydrogens is 427 g/mol. The Morgan fingerprint density at radius 3 is 2.38 bits per heavy atom. The quantitative estimate of drug-likeness (QED) is 0.667. The lowest BCUT2D eigenvalue weighted by Gasteiger charge is -2.24. The third-order valence-corrected chi connectivity index (χ3v) is 5.53. The number of rotatable bonds is 7. The summed E-state index contributed by atoms with van der Waals surface area (Å²) in [5.74, 6) is -2.11. The van der Waals surface area contributed by atoms with Gasteiger partial charge in [-0.25, -0.2) is 0 Å². The van der Waals surface area contributed by atoms with Gasteiger partial charge in [-0.3, -0.25) is 14.4 Å². The van der Waals surface area contributed by atoms with Gasteiger partial charge in [-0.05, 0) is 37.8 Å². The summed E-state index contributed by atoms with van der Waals surface area (Å²) < 4.78 is 47.0. The van der Waals surface area contributed by atoms with Crippen LogP contribution in [0.2, 0.25) is 0 Å². The summed E-state index contributed by atoms with van der Waals surface area (Å²) in [6.45, 7) is 2.39. The van der Waals surface area contributed by atoms with Gasteiger partial charge in [-0.15, -0.1) is 0 Å². The molecule has 174 valence electrons. The molecule has 1 aliphatic rings. The molecule has 2 heterocycles. The fourth-order valence-electron chi connectivity index (χ4n) is 3.96. The van der Waals surface area contributed by atoms with E-state index in [0.29, 0.717) is 12.5 Å². The van der Waals surface area contributed by atoms with Crippen molar-refractivity contribution < 1.29 is 27.2 Å². The molecule has 2 aromatic heterocycles. The van der Waals surface area contributed by atoms with Crippen LogP contribution in [0.4, 0.5) is 13.2 Å². The van der Waals surface area contributed by atoms with E-state index in [1.165, 1.54) is 18.5 Å². The number of carbonyl (C=O) groups excluding carboxylic acids is 2. The highest BCUT2D eigenvalue weighted by Gasteiger charge is 2.44. The number of amides is 2. The monoisotopic (exact) mass is 453 g/mol. The number of furan rings is 1. The molecule has 1 aliphatic carbocycles. The predicted molar refractivity (Wildman–Crippen MR) is 110 cm³/mol. The van der Waals surface area contributed by atoms with Gasteiger partial charge in [0.15, 0.2) is 6.04 Å². The molecule has 1 fully saturated rings. The summed E-state index contributed by atoms with van der Waals surface area (Å²) >= 11 is 0. The number of carbonyl (C=O) groups is 2. The molecule has 0 aromatic carbocycles. The molecule has 3 rings (SSSR count). The van der Waals surface area contributed by atoms with Crippen molar-refractivity contribution in [2.75, 3.05) is 6.54 Å². The summed E-state index contributed by atoms with van der Waals surface area (Å²) in [4.78, 5) is 38.0. The zero-order chi connectivity index (χ0) is 23.3. The second kappa shape index (κ2) is 10.1. The van der Waals surface area contributed by atoms with Crippen LogP contribution in [-0.2, 0) is 6.54 Å². The van der Waals surface area contributed by atoms with Gasteiger partial charge in [0.05, 0.1) is 6.26 Å². The van der Waals surface area contributed by atoms with E-state index >= 15 is 0 Å². The van der Waals surface area contributed by atoms with Gasteiger partial charge < -0.3 is 19.6 Å². The highest BCUT2D eigenvalue weighted by atomic mass is 19.4. The molecule has 1 saturated carbocycles. The minimum Gasteiger partial charge on any atom is -0.467 e. The molecule has 10 heteroatoms. The first kappa shape index (κ1) is 23.6. The van der Waals surface area contributed by atoms with Crippen molar-refractivity contribution in [2.24, 2.45) is 5.92 Å². The van der Waals surface area contributed by atoms with Crippen LogP contribution in [0.25, 0.3) is 0 Å². The number of aromatic nitrogens is 1. The Kier molecular flexibility index (Phi) is 7.42. The average molecular weight is 453 g/mol. The van der Waals surface area contributed by atoms with Crippen molar-refractivity contribution in [1.29, 1.82) is 0 Å². The molecule has 0 aliphatic heterocycles. The maximum absolute atomic E-state index is 13.5. The summed E-state index contributed by atoms with van der Waals surface area (Å²) in [7, 11) is 0. The van der Waals surface area contributed by atoms with Crippen molar-refractivity contribution in [3.63, 3.8) is 0 Å². The van der Waals surface area contributed by atoms with Gasteiger partial charge in [0.25, 0.3) is 11.8 Å². The molecule has 2 amide bonds. The summed E-state index contributed by atoms with van der Waals surface area (Å²) in [6.07, 6.45) is 4.03. The van der Waals surface area contributed by atoms with E-state index < -0.39 is 40.8 Å². The zero-order valence-electron chi connectivity index (χ0n) is 17.7. The van der Waals surface area contributed by atoms with Crippen molar-refractivity contribution in [2.45, 2.75) is 57.8 Å². The first-order valence-corrected chi connectivity index (χ1v) is 10.6. The van der Waals surface area contributed by atoms with Crippen LogP contribution in [0.3, 0.4) is 0 Å². The average Bonchev–Trinajstić information content (AvgIpc) is 3.27. The van der Waals surface area contributed by atoms with Crippen molar-refractivity contribution in [3.05, 3.63) is 57.9 Å². The van der Waals surface area contributed by atoms with Crippen molar-refractivity contribution in [3.8, 4) is 0 Å². The van der Waals surface area contributed by atoms with E-state index in [1.54, 1.807) is 11.5 Å². The van der Waals surface area contributed by atoms with Crippen molar-refractivity contribution in [1.82, 2.24) is 15.2 Å². The fraction of sp³-hybridized carbons (Fsp3) is 0.500. The smallest absolute Gasteiger partial charge is 0.415 e. The lowest BCUT2D eigenvalue weighted by Crippen LogP contribution is -2.41. The largest absolute Gasteiger partial charge is 0.467 e. The molecular formula is C22H26F3N3O4. The van der Waals surface area contributed by atoms with Gasteiger partial charge in [0.2, 0.25) is 5.43 Å². The zero-order valence-corrected chi connectivity index (χ0v) is 17.7. The third kappa shape index (κ3) is 5.60. The molecule has 1 unspecified atom stereocenters. The second-order valence-electron chi connectivity index (χ2n) is 7.94. The van der Waals surface area contributed by atoms with Crippen molar-refractivity contribution >= 4 is 11.8 Å². The second-order valence-corrected chi connectivity index (χ2v) is 7.94. The van der Waals surface area contributed by atoms with Crippen LogP contribution in [0, 0.1) is 5.92 Å². The lowest BCUT2D eigenvalue weighted by molar-refractivity contribution is -0.159. The van der Waals surface area contributed by atoms with Crippen LogP contribution in [0.15, 0.2) is 40.0 Å². The standard InChI is InChI=1S/C22H26F3N3O4/c1-2-26-20(30)15-12-28(11-14-7-4-3-5-8-14)13-16(18(15)29)21(31)27-19(22(23,24)25)17-9-6-10-32-17/h6,9-10,12-14,19H,2-5,7-8,11H2,1H3,(H,26,30)(H,27,31). The van der Waals surface area contributed by atoms with Crippen LogP contribution in [-0.4, -0.2) is 29.1 Å². The predicted octanol–water partition coefficient (Wildman–Crippen LogP) is 3.80. The van der Waals surface area contributed by atoms with E-state index in [4.69, 9.17) is 4.42 Å². The van der Waals surface area contributed by atoms with Gasteiger partial charge in [0, 0.05) is 25.5 Å². The molecule has 32 heavy (non-hydrogen) atoms. The van der Waals surface area contributed by atoms with Crippen LogP contribution < -0.4 is 16.1 Å². The van der Waals surface area contributed by atoms with E-state index in [0.717, 1.165) is 44.4 Å². The normalized spacial score (nSPS) is 15.9. The summed E-state index contributed by atoms with van der Waals surface area (Å²) in [5, 5.41) is 4.35. The molecule has 7 nitrogen and oxygen atoms in total. The van der Waals surface area contributed by atoms with E-state index in [9.17, 15) is 27.6 Å². The number of alkyl halides is 3. The Labute approximate surface area is 183 Å². The topological polar surface area (TPSA) is 93.3 Å². The number of hydrogen-bond acceptors (Lipinski definition) is 4. The fourth-order valence-corrected chi connectivity index (χ4v) is 3.96. The molecule has 1 atom stereocenters. The highest BCUT2D eigenvalue weighted by molar-refractivity contribution is 5.99. The molecule has 2 aromatic rings. The first-order chi connectivity index (χ1) is 15.2. The highest BCUT2D eigenvalue weighted by Crippen LogP contribution is 2.33. The number of nitrogens with one attached hydrogen (secondary N) is 2. The van der Waals surface area contributed by atoms with Gasteiger partial charge >= 0.3 is 6.18 Å². The Morgan fingerprint density at radius 2 is 1.81 bits per heavy atom. The maximum Gasteiger partial charge on any atom is 0.415 e. The molecule has 0 saturated heterocycles. The molecule has 0 radical (unpaired) electrons. The van der Waals surface area contributed by atoms with Crippen LogP contribution in [0.1, 0.15) is 71.5 Å².